The molecule has 0 radical (unpaired) electrons. The number of hydrogen-bond acceptors (Lipinski definition) is 6. The molecule has 0 bridgehead atoms. The van der Waals surface area contributed by atoms with E-state index in [-0.39, 0.29) is 23.3 Å². The molecule has 132 valence electrons. The lowest BCUT2D eigenvalue weighted by Gasteiger charge is -2.38. The molecule has 1 aromatic heterocycles. The van der Waals surface area contributed by atoms with Crippen LogP contribution >= 0.6 is 0 Å². The number of hydrogen-bond donors (Lipinski definition) is 1. The first-order valence-corrected chi connectivity index (χ1v) is 8.42. The quantitative estimate of drug-likeness (QED) is 0.839. The summed E-state index contributed by atoms with van der Waals surface area (Å²) in [5, 5.41) is 6.82. The Labute approximate surface area is 140 Å². The number of nitrogens with one attached hydrogen (secondary N) is 1. The minimum Gasteiger partial charge on any atom is -0.381 e. The van der Waals surface area contributed by atoms with E-state index in [0.29, 0.717) is 57.3 Å². The predicted molar refractivity (Wildman–Crippen MR) is 84.0 cm³/mol. The Morgan fingerprint density at radius 3 is 3.00 bits per heavy atom. The van der Waals surface area contributed by atoms with Gasteiger partial charge in [-0.1, -0.05) is 5.16 Å². The van der Waals surface area contributed by atoms with Crippen molar-refractivity contribution >= 4 is 11.8 Å². The lowest BCUT2D eigenvalue weighted by molar-refractivity contribution is -0.131. The molecule has 1 N–H and O–H groups in total. The van der Waals surface area contributed by atoms with Gasteiger partial charge < -0.3 is 19.5 Å². The molecule has 2 amide bonds. The van der Waals surface area contributed by atoms with Gasteiger partial charge in [0.15, 0.2) is 5.82 Å². The molecule has 0 spiro atoms. The number of rotatable bonds is 5. The van der Waals surface area contributed by atoms with Gasteiger partial charge in [0.1, 0.15) is 0 Å². The largest absolute Gasteiger partial charge is 0.381 e. The van der Waals surface area contributed by atoms with Gasteiger partial charge in [0.25, 0.3) is 0 Å². The number of aromatic nitrogens is 2. The second-order valence-electron chi connectivity index (χ2n) is 6.72. The molecule has 3 heterocycles. The Hall–Kier alpha value is -1.96. The van der Waals surface area contributed by atoms with Crippen LogP contribution in [0.3, 0.4) is 0 Å². The van der Waals surface area contributed by atoms with E-state index < -0.39 is 0 Å². The highest BCUT2D eigenvalue weighted by atomic mass is 16.5. The summed E-state index contributed by atoms with van der Waals surface area (Å²) < 4.78 is 10.6. The highest BCUT2D eigenvalue weighted by molar-refractivity contribution is 5.78. The third-order valence-corrected chi connectivity index (χ3v) is 4.84. The standard InChI is InChI=1S/C16H24N4O4/c1-11-17-14(24-19-11)4-3-5-15(22)20-8-13-9-23-7-6-16(13,10-20)18-12(2)21/h13H,3-10H2,1-2H3,(H,18,21). The van der Waals surface area contributed by atoms with Crippen LogP contribution in [0.4, 0.5) is 0 Å². The van der Waals surface area contributed by atoms with Gasteiger partial charge in [-0.05, 0) is 19.8 Å². The molecule has 2 aliphatic heterocycles. The van der Waals surface area contributed by atoms with Crippen LogP contribution in [-0.2, 0) is 20.7 Å². The smallest absolute Gasteiger partial charge is 0.226 e. The number of carbonyl (C=O) groups is 2. The van der Waals surface area contributed by atoms with Crippen LogP contribution in [0.2, 0.25) is 0 Å². The van der Waals surface area contributed by atoms with E-state index in [4.69, 9.17) is 9.26 Å². The molecule has 2 aliphatic rings. The summed E-state index contributed by atoms with van der Waals surface area (Å²) in [6.45, 7) is 5.71. The minimum absolute atomic E-state index is 0.0528. The van der Waals surface area contributed by atoms with E-state index in [1.807, 2.05) is 4.90 Å². The van der Waals surface area contributed by atoms with Crippen molar-refractivity contribution in [3.05, 3.63) is 11.7 Å². The van der Waals surface area contributed by atoms with Gasteiger partial charge in [-0.25, -0.2) is 0 Å². The molecule has 2 fully saturated rings. The fraction of sp³-hybridized carbons (Fsp3) is 0.750. The summed E-state index contributed by atoms with van der Waals surface area (Å²) in [5.41, 5.74) is -0.330. The van der Waals surface area contributed by atoms with Crippen LogP contribution in [0.15, 0.2) is 4.52 Å². The van der Waals surface area contributed by atoms with Crippen molar-refractivity contribution in [2.24, 2.45) is 5.92 Å². The molecular formula is C16H24N4O4. The highest BCUT2D eigenvalue weighted by Crippen LogP contribution is 2.34. The van der Waals surface area contributed by atoms with Gasteiger partial charge >= 0.3 is 0 Å². The molecule has 2 unspecified atom stereocenters. The molecule has 3 rings (SSSR count). The maximum Gasteiger partial charge on any atom is 0.226 e. The Bertz CT molecular complexity index is 617. The number of carbonyl (C=O) groups excluding carboxylic acids is 2. The number of aryl methyl sites for hydroxylation is 2. The van der Waals surface area contributed by atoms with E-state index >= 15 is 0 Å². The number of amides is 2. The van der Waals surface area contributed by atoms with Crippen LogP contribution in [0, 0.1) is 12.8 Å². The topological polar surface area (TPSA) is 97.6 Å². The maximum atomic E-state index is 12.5. The first kappa shape index (κ1) is 16.9. The Kier molecular flexibility index (Phi) is 4.84. The lowest BCUT2D eigenvalue weighted by Crippen LogP contribution is -2.57. The van der Waals surface area contributed by atoms with Gasteiger partial charge in [0, 0.05) is 45.4 Å². The monoisotopic (exact) mass is 336 g/mol. The van der Waals surface area contributed by atoms with Crippen molar-refractivity contribution in [3.63, 3.8) is 0 Å². The fourth-order valence-electron chi connectivity index (χ4n) is 3.69. The van der Waals surface area contributed by atoms with Crippen molar-refractivity contribution in [3.8, 4) is 0 Å². The first-order chi connectivity index (χ1) is 11.5. The Balaban J connectivity index is 1.54. The van der Waals surface area contributed by atoms with Gasteiger partial charge in [0.05, 0.1) is 12.1 Å². The Morgan fingerprint density at radius 2 is 2.29 bits per heavy atom. The molecule has 2 atom stereocenters. The molecule has 2 saturated heterocycles. The summed E-state index contributed by atoms with van der Waals surface area (Å²) in [7, 11) is 0. The zero-order valence-electron chi connectivity index (χ0n) is 14.2. The van der Waals surface area contributed by atoms with E-state index in [1.54, 1.807) is 6.92 Å². The maximum absolute atomic E-state index is 12.5. The molecule has 0 saturated carbocycles. The first-order valence-electron chi connectivity index (χ1n) is 8.42. The van der Waals surface area contributed by atoms with E-state index in [9.17, 15) is 9.59 Å². The molecule has 8 nitrogen and oxygen atoms in total. The fourth-order valence-corrected chi connectivity index (χ4v) is 3.69. The minimum atomic E-state index is -0.330. The van der Waals surface area contributed by atoms with E-state index in [1.165, 1.54) is 6.92 Å². The van der Waals surface area contributed by atoms with Crippen LogP contribution in [0.25, 0.3) is 0 Å². The summed E-state index contributed by atoms with van der Waals surface area (Å²) in [5.74, 6) is 1.39. The van der Waals surface area contributed by atoms with Crippen LogP contribution in [0.1, 0.15) is 37.9 Å². The summed E-state index contributed by atoms with van der Waals surface area (Å²) >= 11 is 0. The summed E-state index contributed by atoms with van der Waals surface area (Å²) in [6.07, 6.45) is 2.46. The van der Waals surface area contributed by atoms with Gasteiger partial charge in [-0.15, -0.1) is 0 Å². The lowest BCUT2D eigenvalue weighted by atomic mass is 9.83. The zero-order valence-corrected chi connectivity index (χ0v) is 14.2. The number of likely N-dealkylation sites (tertiary alicyclic amines) is 1. The molecule has 24 heavy (non-hydrogen) atoms. The third-order valence-electron chi connectivity index (χ3n) is 4.84. The summed E-state index contributed by atoms with van der Waals surface area (Å²) in [6, 6.07) is 0. The van der Waals surface area contributed by atoms with Gasteiger partial charge in [-0.2, -0.15) is 4.98 Å². The van der Waals surface area contributed by atoms with Crippen molar-refractivity contribution < 1.29 is 18.8 Å². The Morgan fingerprint density at radius 1 is 1.46 bits per heavy atom. The zero-order chi connectivity index (χ0) is 17.2. The van der Waals surface area contributed by atoms with E-state index in [2.05, 4.69) is 15.5 Å². The van der Waals surface area contributed by atoms with E-state index in [0.717, 1.165) is 6.42 Å². The molecule has 0 aliphatic carbocycles. The number of fused-ring (bicyclic) bond motifs is 1. The molecule has 8 heteroatoms. The van der Waals surface area contributed by atoms with Crippen LogP contribution < -0.4 is 5.32 Å². The van der Waals surface area contributed by atoms with Gasteiger partial charge in [-0.3, -0.25) is 9.59 Å². The molecule has 0 aromatic carbocycles. The number of ether oxygens (including phenoxy) is 1. The second-order valence-corrected chi connectivity index (χ2v) is 6.72. The third kappa shape index (κ3) is 3.58. The van der Waals surface area contributed by atoms with Gasteiger partial charge in [0.2, 0.25) is 17.7 Å². The summed E-state index contributed by atoms with van der Waals surface area (Å²) in [4.78, 5) is 30.1. The van der Waals surface area contributed by atoms with Crippen LogP contribution in [0.5, 0.6) is 0 Å². The second kappa shape index (κ2) is 6.88. The van der Waals surface area contributed by atoms with Crippen molar-refractivity contribution in [2.45, 2.75) is 45.1 Å². The average Bonchev–Trinajstić information content (AvgIpc) is 3.10. The van der Waals surface area contributed by atoms with Crippen molar-refractivity contribution in [1.29, 1.82) is 0 Å². The number of nitrogens with zero attached hydrogens (tertiary/aromatic N) is 3. The molecular weight excluding hydrogens is 312 g/mol. The highest BCUT2D eigenvalue weighted by Gasteiger charge is 2.49. The van der Waals surface area contributed by atoms with Crippen LogP contribution in [-0.4, -0.2) is 58.7 Å². The van der Waals surface area contributed by atoms with Crippen molar-refractivity contribution in [1.82, 2.24) is 20.4 Å². The predicted octanol–water partition coefficient (Wildman–Crippen LogP) is 0.454. The SMILES string of the molecule is CC(=O)NC12CCOCC1CN(C(=O)CCCc1nc(C)no1)C2. The van der Waals surface area contributed by atoms with Crippen molar-refractivity contribution in [2.75, 3.05) is 26.3 Å². The normalized spacial score (nSPS) is 26.2. The average molecular weight is 336 g/mol. The molecule has 1 aromatic rings.